The highest BCUT2D eigenvalue weighted by Crippen LogP contribution is 2.39. The molecule has 9 nitrogen and oxygen atoms in total. The largest absolute Gasteiger partial charge is 0.493 e. The van der Waals surface area contributed by atoms with Gasteiger partial charge in [0.05, 0.1) is 23.4 Å². The normalized spacial score (nSPS) is 14.3. The van der Waals surface area contributed by atoms with Crippen LogP contribution in [0.25, 0.3) is 22.3 Å². The minimum atomic E-state index is -4.67. The smallest absolute Gasteiger partial charge is 0.419 e. The Labute approximate surface area is 179 Å². The number of nitriles is 1. The van der Waals surface area contributed by atoms with Gasteiger partial charge in [-0.3, -0.25) is 0 Å². The van der Waals surface area contributed by atoms with Gasteiger partial charge in [0.15, 0.2) is 5.69 Å². The first-order valence-electron chi connectivity index (χ1n) is 9.60. The number of aryl methyl sites for hydroxylation is 1. The monoisotopic (exact) mass is 446 g/mol. The average molecular weight is 446 g/mol. The minimum Gasteiger partial charge on any atom is -0.493 e. The van der Waals surface area contributed by atoms with Crippen LogP contribution in [-0.4, -0.2) is 55.8 Å². The first-order valence-corrected chi connectivity index (χ1v) is 9.60. The highest BCUT2D eigenvalue weighted by molar-refractivity contribution is 5.83. The Hall–Kier alpha value is -3.88. The number of hydrogen-bond donors (Lipinski definition) is 1. The van der Waals surface area contributed by atoms with Crippen molar-refractivity contribution >= 4 is 17.1 Å². The van der Waals surface area contributed by atoms with Gasteiger partial charge in [-0.05, 0) is 36.6 Å². The van der Waals surface area contributed by atoms with Gasteiger partial charge in [0, 0.05) is 25.7 Å². The molecule has 1 saturated heterocycles. The van der Waals surface area contributed by atoms with Crippen LogP contribution in [0.1, 0.15) is 17.7 Å². The zero-order chi connectivity index (χ0) is 23.0. The van der Waals surface area contributed by atoms with Gasteiger partial charge in [0.1, 0.15) is 17.3 Å². The van der Waals surface area contributed by atoms with Crippen LogP contribution in [0.5, 0.6) is 5.75 Å². The van der Waals surface area contributed by atoms with E-state index in [0.717, 1.165) is 6.07 Å². The van der Waals surface area contributed by atoms with Crippen LogP contribution >= 0.6 is 0 Å². The van der Waals surface area contributed by atoms with Crippen molar-refractivity contribution < 1.29 is 27.8 Å². The topological polar surface area (TPSA) is 117 Å². The molecule has 0 unspecified atom stereocenters. The summed E-state index contributed by atoms with van der Waals surface area (Å²) in [4.78, 5) is 16.2. The SMILES string of the molecule is Cn1nnc2c(C#N)nc(-c3ccc(OCCC4CN(C(=O)O)C4)c(C(F)(F)F)c3)cc21. The number of halogens is 3. The summed E-state index contributed by atoms with van der Waals surface area (Å²) in [5.41, 5.74) is 0.0957. The Morgan fingerprint density at radius 1 is 1.34 bits per heavy atom. The molecule has 0 spiro atoms. The van der Waals surface area contributed by atoms with Crippen LogP contribution in [0, 0.1) is 17.2 Å². The summed E-state index contributed by atoms with van der Waals surface area (Å²) in [6, 6.07) is 7.02. The van der Waals surface area contributed by atoms with E-state index in [0.29, 0.717) is 25.0 Å². The maximum atomic E-state index is 13.7. The van der Waals surface area contributed by atoms with Gasteiger partial charge >= 0.3 is 12.3 Å². The molecular formula is C20H17F3N6O3. The molecule has 1 aliphatic rings. The summed E-state index contributed by atoms with van der Waals surface area (Å²) in [6.45, 7) is 0.730. The predicted molar refractivity (Wildman–Crippen MR) is 105 cm³/mol. The molecule has 0 aliphatic carbocycles. The molecule has 2 aromatic heterocycles. The molecule has 1 N–H and O–H groups in total. The van der Waals surface area contributed by atoms with E-state index in [1.807, 2.05) is 6.07 Å². The highest BCUT2D eigenvalue weighted by atomic mass is 19.4. The second-order valence-electron chi connectivity index (χ2n) is 7.45. The molecule has 0 atom stereocenters. The Morgan fingerprint density at radius 2 is 2.09 bits per heavy atom. The number of carbonyl (C=O) groups is 1. The molecule has 4 rings (SSSR count). The van der Waals surface area contributed by atoms with E-state index >= 15 is 0 Å². The zero-order valence-electron chi connectivity index (χ0n) is 16.8. The van der Waals surface area contributed by atoms with Gasteiger partial charge in [-0.15, -0.1) is 5.10 Å². The molecule has 0 saturated carbocycles. The molecule has 12 heteroatoms. The molecule has 0 bridgehead atoms. The maximum Gasteiger partial charge on any atom is 0.419 e. The predicted octanol–water partition coefficient (Wildman–Crippen LogP) is 3.30. The van der Waals surface area contributed by atoms with E-state index in [-0.39, 0.29) is 40.7 Å². The third kappa shape index (κ3) is 4.01. The summed E-state index contributed by atoms with van der Waals surface area (Å²) in [5, 5.41) is 25.9. The quantitative estimate of drug-likeness (QED) is 0.639. The fraction of sp³-hybridized carbons (Fsp3) is 0.350. The van der Waals surface area contributed by atoms with Gasteiger partial charge in [0.25, 0.3) is 0 Å². The van der Waals surface area contributed by atoms with Crippen LogP contribution in [0.3, 0.4) is 0 Å². The minimum absolute atomic E-state index is 0.0318. The van der Waals surface area contributed by atoms with E-state index in [4.69, 9.17) is 9.84 Å². The van der Waals surface area contributed by atoms with Crippen molar-refractivity contribution in [2.75, 3.05) is 19.7 Å². The van der Waals surface area contributed by atoms with Crippen LogP contribution < -0.4 is 4.74 Å². The van der Waals surface area contributed by atoms with Gasteiger partial charge < -0.3 is 14.7 Å². The second-order valence-corrected chi connectivity index (χ2v) is 7.45. The fourth-order valence-corrected chi connectivity index (χ4v) is 3.54. The molecule has 3 aromatic rings. The van der Waals surface area contributed by atoms with Crippen molar-refractivity contribution in [1.82, 2.24) is 24.9 Å². The Bertz CT molecular complexity index is 1230. The van der Waals surface area contributed by atoms with E-state index in [9.17, 15) is 23.2 Å². The summed E-state index contributed by atoms with van der Waals surface area (Å²) < 4.78 is 47.9. The first kappa shape index (κ1) is 21.4. The first-order chi connectivity index (χ1) is 15.2. The Morgan fingerprint density at radius 3 is 2.75 bits per heavy atom. The lowest BCUT2D eigenvalue weighted by molar-refractivity contribution is -0.139. The van der Waals surface area contributed by atoms with Gasteiger partial charge in [-0.25, -0.2) is 14.5 Å². The molecule has 32 heavy (non-hydrogen) atoms. The number of benzene rings is 1. The maximum absolute atomic E-state index is 13.7. The van der Waals surface area contributed by atoms with Crippen LogP contribution in [0.2, 0.25) is 0 Å². The van der Waals surface area contributed by atoms with Crippen LogP contribution in [-0.2, 0) is 13.2 Å². The average Bonchev–Trinajstić information content (AvgIpc) is 3.09. The number of rotatable bonds is 5. The third-order valence-corrected chi connectivity index (χ3v) is 5.30. The summed E-state index contributed by atoms with van der Waals surface area (Å²) >= 11 is 0. The number of carboxylic acid groups (broad SMARTS) is 1. The molecule has 1 aliphatic heterocycles. The van der Waals surface area contributed by atoms with E-state index in [1.165, 1.54) is 27.8 Å². The number of likely N-dealkylation sites (tertiary alicyclic amines) is 1. The van der Waals surface area contributed by atoms with Crippen molar-refractivity contribution in [3.8, 4) is 23.1 Å². The molecule has 1 aromatic carbocycles. The third-order valence-electron chi connectivity index (χ3n) is 5.30. The Kier molecular flexibility index (Phi) is 5.33. The number of ether oxygens (including phenoxy) is 1. The van der Waals surface area contributed by atoms with Crippen molar-refractivity contribution in [2.45, 2.75) is 12.6 Å². The molecule has 1 amide bonds. The number of nitrogens with zero attached hydrogens (tertiary/aromatic N) is 6. The van der Waals surface area contributed by atoms with E-state index < -0.39 is 17.8 Å². The standard InChI is InChI=1S/C20H17F3N6O3/c1-28-16-7-14(25-15(8-24)18(16)26-27-28)12-2-3-17(13(6-12)20(21,22)23)32-5-4-11-9-29(10-11)19(30)31/h2-3,6-7,11H,4-5,9-10H2,1H3,(H,30,31). The molecule has 0 radical (unpaired) electrons. The number of aromatic nitrogens is 4. The number of amides is 1. The number of fused-ring (bicyclic) bond motifs is 1. The lowest BCUT2D eigenvalue weighted by atomic mass is 9.97. The van der Waals surface area contributed by atoms with Crippen molar-refractivity contribution in [3.05, 3.63) is 35.5 Å². The van der Waals surface area contributed by atoms with Crippen molar-refractivity contribution in [3.63, 3.8) is 0 Å². The van der Waals surface area contributed by atoms with Crippen molar-refractivity contribution in [2.24, 2.45) is 13.0 Å². The van der Waals surface area contributed by atoms with Gasteiger partial charge in [-0.2, -0.15) is 18.4 Å². The summed E-state index contributed by atoms with van der Waals surface area (Å²) in [5.74, 6) is -0.257. The number of pyridine rings is 1. The second kappa shape index (κ2) is 7.99. The van der Waals surface area contributed by atoms with Gasteiger partial charge in [0.2, 0.25) is 0 Å². The van der Waals surface area contributed by atoms with E-state index in [1.54, 1.807) is 7.05 Å². The lowest BCUT2D eigenvalue weighted by Crippen LogP contribution is -2.49. The van der Waals surface area contributed by atoms with Crippen LogP contribution in [0.4, 0.5) is 18.0 Å². The van der Waals surface area contributed by atoms with Crippen molar-refractivity contribution in [1.29, 1.82) is 5.26 Å². The molecule has 3 heterocycles. The van der Waals surface area contributed by atoms with E-state index in [2.05, 4.69) is 15.3 Å². The fourth-order valence-electron chi connectivity index (χ4n) is 3.54. The number of hydrogen-bond acceptors (Lipinski definition) is 6. The van der Waals surface area contributed by atoms with Crippen LogP contribution in [0.15, 0.2) is 24.3 Å². The lowest BCUT2D eigenvalue weighted by Gasteiger charge is -2.37. The molecular weight excluding hydrogens is 429 g/mol. The summed E-state index contributed by atoms with van der Waals surface area (Å²) in [6.07, 6.45) is -5.23. The molecule has 1 fully saturated rings. The number of alkyl halides is 3. The zero-order valence-corrected chi connectivity index (χ0v) is 16.8. The highest BCUT2D eigenvalue weighted by Gasteiger charge is 2.35. The summed E-state index contributed by atoms with van der Waals surface area (Å²) in [7, 11) is 1.61. The molecule has 166 valence electrons. The Balaban J connectivity index is 1.58. The van der Waals surface area contributed by atoms with Gasteiger partial charge in [-0.1, -0.05) is 5.21 Å².